The fourth-order valence-corrected chi connectivity index (χ4v) is 2.51. The van der Waals surface area contributed by atoms with Gasteiger partial charge in [-0.05, 0) is 30.7 Å². The maximum Gasteiger partial charge on any atom is 0.338 e. The van der Waals surface area contributed by atoms with E-state index in [0.717, 1.165) is 0 Å². The number of ether oxygens (including phenoxy) is 1. The summed E-state index contributed by atoms with van der Waals surface area (Å²) >= 11 is 3.23. The SMILES string of the molecule is CCOC(=O)c1cc(Br)cc(CC(=O)C2CC2(F)F)c1. The Morgan fingerprint density at radius 1 is 1.40 bits per heavy atom. The summed E-state index contributed by atoms with van der Waals surface area (Å²) in [6.45, 7) is 1.93. The normalized spacial score (nSPS) is 19.5. The average molecular weight is 347 g/mol. The fraction of sp³-hybridized carbons (Fsp3) is 0.429. The molecule has 1 fully saturated rings. The Morgan fingerprint density at radius 3 is 2.60 bits per heavy atom. The van der Waals surface area contributed by atoms with Crippen LogP contribution >= 0.6 is 15.9 Å². The number of ketones is 1. The van der Waals surface area contributed by atoms with Gasteiger partial charge in [-0.25, -0.2) is 13.6 Å². The lowest BCUT2D eigenvalue weighted by molar-refractivity contribution is -0.121. The molecule has 0 saturated heterocycles. The predicted molar refractivity (Wildman–Crippen MR) is 71.9 cm³/mol. The van der Waals surface area contributed by atoms with E-state index in [2.05, 4.69) is 15.9 Å². The molecule has 1 aromatic carbocycles. The van der Waals surface area contributed by atoms with Gasteiger partial charge in [0.05, 0.1) is 18.1 Å². The lowest BCUT2D eigenvalue weighted by Gasteiger charge is -2.06. The maximum absolute atomic E-state index is 12.8. The van der Waals surface area contributed by atoms with Crippen LogP contribution in [0.2, 0.25) is 0 Å². The molecule has 1 saturated carbocycles. The zero-order valence-electron chi connectivity index (χ0n) is 10.8. The topological polar surface area (TPSA) is 43.4 Å². The number of Topliss-reactive ketones (excluding diaryl/α,β-unsaturated/α-hetero) is 1. The van der Waals surface area contributed by atoms with Crippen LogP contribution in [-0.4, -0.2) is 24.3 Å². The summed E-state index contributed by atoms with van der Waals surface area (Å²) in [7, 11) is 0. The molecule has 0 amide bonds. The van der Waals surface area contributed by atoms with Crippen LogP contribution in [-0.2, 0) is 16.0 Å². The summed E-state index contributed by atoms with van der Waals surface area (Å²) in [6, 6.07) is 4.71. The molecule has 3 nitrogen and oxygen atoms in total. The van der Waals surface area contributed by atoms with Crippen molar-refractivity contribution in [1.29, 1.82) is 0 Å². The molecule has 1 aliphatic rings. The van der Waals surface area contributed by atoms with Crippen molar-refractivity contribution in [2.24, 2.45) is 5.92 Å². The third-order valence-corrected chi connectivity index (χ3v) is 3.52. The minimum Gasteiger partial charge on any atom is -0.462 e. The Morgan fingerprint density at radius 2 is 2.05 bits per heavy atom. The molecule has 6 heteroatoms. The second kappa shape index (κ2) is 5.60. The molecule has 0 radical (unpaired) electrons. The molecule has 0 bridgehead atoms. The molecule has 1 unspecified atom stereocenters. The maximum atomic E-state index is 12.8. The number of alkyl halides is 2. The Kier molecular flexibility index (Phi) is 4.22. The summed E-state index contributed by atoms with van der Waals surface area (Å²) in [5, 5.41) is 0. The highest BCUT2D eigenvalue weighted by Gasteiger charge is 2.60. The third-order valence-electron chi connectivity index (χ3n) is 3.06. The molecule has 0 aromatic heterocycles. The Labute approximate surface area is 123 Å². The van der Waals surface area contributed by atoms with Crippen molar-refractivity contribution >= 4 is 27.7 Å². The number of carbonyl (C=O) groups excluding carboxylic acids is 2. The van der Waals surface area contributed by atoms with Crippen molar-refractivity contribution < 1.29 is 23.1 Å². The summed E-state index contributed by atoms with van der Waals surface area (Å²) in [4.78, 5) is 23.3. The molecular weight excluding hydrogens is 334 g/mol. The first-order chi connectivity index (χ1) is 9.33. The summed E-state index contributed by atoms with van der Waals surface area (Å²) in [6.07, 6.45) is -0.476. The molecule has 2 rings (SSSR count). The van der Waals surface area contributed by atoms with E-state index < -0.39 is 23.6 Å². The molecule has 1 aromatic rings. The van der Waals surface area contributed by atoms with Gasteiger partial charge in [-0.1, -0.05) is 15.9 Å². The first kappa shape index (κ1) is 15.1. The zero-order valence-corrected chi connectivity index (χ0v) is 12.4. The van der Waals surface area contributed by atoms with Gasteiger partial charge in [-0.15, -0.1) is 0 Å². The quantitative estimate of drug-likeness (QED) is 0.767. The van der Waals surface area contributed by atoms with Crippen molar-refractivity contribution in [1.82, 2.24) is 0 Å². The van der Waals surface area contributed by atoms with Crippen molar-refractivity contribution in [2.75, 3.05) is 6.61 Å². The Hall–Kier alpha value is -1.30. The zero-order chi connectivity index (χ0) is 14.9. The number of esters is 1. The summed E-state index contributed by atoms with van der Waals surface area (Å²) in [5.74, 6) is -5.03. The van der Waals surface area contributed by atoms with Gasteiger partial charge < -0.3 is 4.74 Å². The Balaban J connectivity index is 2.12. The van der Waals surface area contributed by atoms with Gasteiger partial charge in [-0.2, -0.15) is 0 Å². The van der Waals surface area contributed by atoms with Crippen LogP contribution in [0.15, 0.2) is 22.7 Å². The molecule has 0 heterocycles. The molecule has 20 heavy (non-hydrogen) atoms. The predicted octanol–water partition coefficient (Wildman–Crippen LogP) is 3.39. The van der Waals surface area contributed by atoms with Crippen LogP contribution in [0, 0.1) is 5.92 Å². The number of halogens is 3. The van der Waals surface area contributed by atoms with E-state index in [4.69, 9.17) is 4.74 Å². The number of hydrogen-bond donors (Lipinski definition) is 0. The Bertz CT molecular complexity index is 557. The molecule has 1 atom stereocenters. The third kappa shape index (κ3) is 3.42. The smallest absolute Gasteiger partial charge is 0.338 e. The van der Waals surface area contributed by atoms with Crippen molar-refractivity contribution in [3.63, 3.8) is 0 Å². The second-order valence-electron chi connectivity index (χ2n) is 4.73. The number of benzene rings is 1. The number of rotatable bonds is 5. The van der Waals surface area contributed by atoms with Gasteiger partial charge in [0, 0.05) is 17.3 Å². The van der Waals surface area contributed by atoms with Gasteiger partial charge in [0.1, 0.15) is 5.78 Å². The first-order valence-corrected chi connectivity index (χ1v) is 7.00. The van der Waals surface area contributed by atoms with Crippen LogP contribution in [0.4, 0.5) is 8.78 Å². The average Bonchev–Trinajstić information content (AvgIpc) is 2.98. The molecule has 0 aliphatic heterocycles. The van der Waals surface area contributed by atoms with Gasteiger partial charge in [-0.3, -0.25) is 4.79 Å². The van der Waals surface area contributed by atoms with Gasteiger partial charge in [0.15, 0.2) is 0 Å². The highest BCUT2D eigenvalue weighted by molar-refractivity contribution is 9.10. The molecule has 0 spiro atoms. The molecule has 1 aliphatic carbocycles. The fourth-order valence-electron chi connectivity index (χ4n) is 1.97. The first-order valence-electron chi connectivity index (χ1n) is 6.20. The van der Waals surface area contributed by atoms with Gasteiger partial charge in [0.2, 0.25) is 0 Å². The number of hydrogen-bond acceptors (Lipinski definition) is 3. The minimum absolute atomic E-state index is 0.105. The van der Waals surface area contributed by atoms with Crippen LogP contribution in [0.5, 0.6) is 0 Å². The van der Waals surface area contributed by atoms with Gasteiger partial charge >= 0.3 is 5.97 Å². The minimum atomic E-state index is -2.85. The summed E-state index contributed by atoms with van der Waals surface area (Å²) in [5.41, 5.74) is 0.821. The largest absolute Gasteiger partial charge is 0.462 e. The van der Waals surface area contributed by atoms with Crippen LogP contribution < -0.4 is 0 Å². The summed E-state index contributed by atoms with van der Waals surface area (Å²) < 4.78 is 31.1. The highest BCUT2D eigenvalue weighted by atomic mass is 79.9. The molecular formula is C14H13BrF2O3. The van der Waals surface area contributed by atoms with E-state index in [1.54, 1.807) is 19.1 Å². The van der Waals surface area contributed by atoms with E-state index in [0.29, 0.717) is 15.6 Å². The van der Waals surface area contributed by atoms with Crippen molar-refractivity contribution in [3.8, 4) is 0 Å². The highest BCUT2D eigenvalue weighted by Crippen LogP contribution is 2.49. The van der Waals surface area contributed by atoms with Crippen molar-refractivity contribution in [2.45, 2.75) is 25.7 Å². The van der Waals surface area contributed by atoms with E-state index in [-0.39, 0.29) is 19.4 Å². The second-order valence-corrected chi connectivity index (χ2v) is 5.65. The van der Waals surface area contributed by atoms with E-state index >= 15 is 0 Å². The lowest BCUT2D eigenvalue weighted by Crippen LogP contribution is -2.11. The molecule has 0 N–H and O–H groups in total. The number of carbonyl (C=O) groups is 2. The molecule has 108 valence electrons. The lowest BCUT2D eigenvalue weighted by atomic mass is 10.0. The van der Waals surface area contributed by atoms with E-state index in [1.165, 1.54) is 6.07 Å². The van der Waals surface area contributed by atoms with E-state index in [1.807, 2.05) is 0 Å². The van der Waals surface area contributed by atoms with Crippen molar-refractivity contribution in [3.05, 3.63) is 33.8 Å². The van der Waals surface area contributed by atoms with Crippen LogP contribution in [0.3, 0.4) is 0 Å². The van der Waals surface area contributed by atoms with Gasteiger partial charge in [0.25, 0.3) is 5.92 Å². The van der Waals surface area contributed by atoms with Crippen LogP contribution in [0.1, 0.15) is 29.3 Å². The van der Waals surface area contributed by atoms with Crippen LogP contribution in [0.25, 0.3) is 0 Å². The van der Waals surface area contributed by atoms with E-state index in [9.17, 15) is 18.4 Å². The standard InChI is InChI=1S/C14H13BrF2O3/c1-2-20-13(19)9-3-8(4-10(15)6-9)5-12(18)11-7-14(11,16)17/h3-4,6,11H,2,5,7H2,1H3. The monoisotopic (exact) mass is 346 g/mol.